The van der Waals surface area contributed by atoms with Crippen molar-refractivity contribution < 1.29 is 9.18 Å². The van der Waals surface area contributed by atoms with Gasteiger partial charge in [0.05, 0.1) is 0 Å². The van der Waals surface area contributed by atoms with Crippen LogP contribution in [-0.4, -0.2) is 51.3 Å². The van der Waals surface area contributed by atoms with E-state index < -0.39 is 5.69 Å². The largest absolute Gasteiger partial charge is 0.368 e. The Labute approximate surface area is 195 Å². The topological polar surface area (TPSA) is 87.8 Å². The Balaban J connectivity index is 1.28. The molecule has 0 spiro atoms. The third-order valence-electron chi connectivity index (χ3n) is 5.88. The third kappa shape index (κ3) is 4.47. The molecule has 9 nitrogen and oxygen atoms in total. The number of nitrogens with zero attached hydrogens (tertiary/aromatic N) is 6. The molecule has 34 heavy (non-hydrogen) atoms. The fourth-order valence-electron chi connectivity index (χ4n) is 4.07. The number of amides is 1. The van der Waals surface area contributed by atoms with Crippen LogP contribution in [0.5, 0.6) is 0 Å². The number of rotatable bonds is 6. The summed E-state index contributed by atoms with van der Waals surface area (Å²) in [6, 6.07) is 16.1. The van der Waals surface area contributed by atoms with Gasteiger partial charge in [-0.3, -0.25) is 4.79 Å². The molecule has 1 amide bonds. The van der Waals surface area contributed by atoms with Gasteiger partial charge in [-0.1, -0.05) is 30.3 Å². The third-order valence-corrected chi connectivity index (χ3v) is 5.88. The highest BCUT2D eigenvalue weighted by molar-refractivity contribution is 5.75. The molecule has 0 bridgehead atoms. The molecule has 3 heterocycles. The first kappa shape index (κ1) is 21.6. The fourth-order valence-corrected chi connectivity index (χ4v) is 4.07. The summed E-state index contributed by atoms with van der Waals surface area (Å²) in [5.74, 6) is -0.0733. The maximum Gasteiger partial charge on any atom is 0.350 e. The number of carbonyl (C=O) groups is 1. The van der Waals surface area contributed by atoms with Gasteiger partial charge in [0.1, 0.15) is 12.4 Å². The highest BCUT2D eigenvalue weighted by Crippen LogP contribution is 2.21. The molecule has 1 aliphatic rings. The van der Waals surface area contributed by atoms with Gasteiger partial charge in [0, 0.05) is 50.8 Å². The molecule has 1 N–H and O–H groups in total. The van der Waals surface area contributed by atoms with Gasteiger partial charge in [0.2, 0.25) is 11.6 Å². The monoisotopic (exact) mass is 461 g/mol. The lowest BCUT2D eigenvalue weighted by Gasteiger charge is -2.36. The number of hydrogen-bond donors (Lipinski definition) is 1. The van der Waals surface area contributed by atoms with Crippen LogP contribution in [0.3, 0.4) is 0 Å². The van der Waals surface area contributed by atoms with Crippen molar-refractivity contribution in [1.29, 1.82) is 0 Å². The van der Waals surface area contributed by atoms with Crippen LogP contribution in [0.25, 0.3) is 5.65 Å². The smallest absolute Gasteiger partial charge is 0.350 e. The van der Waals surface area contributed by atoms with E-state index in [4.69, 9.17) is 0 Å². The number of benzene rings is 2. The Morgan fingerprint density at radius 1 is 0.971 bits per heavy atom. The van der Waals surface area contributed by atoms with E-state index in [1.807, 2.05) is 18.2 Å². The van der Waals surface area contributed by atoms with Crippen LogP contribution in [0.1, 0.15) is 5.56 Å². The summed E-state index contributed by atoms with van der Waals surface area (Å²) in [5, 5.41) is 7.15. The van der Waals surface area contributed by atoms with Gasteiger partial charge in [0.15, 0.2) is 5.82 Å². The maximum atomic E-state index is 13.0. The molecule has 5 rings (SSSR count). The van der Waals surface area contributed by atoms with Gasteiger partial charge in [-0.25, -0.2) is 23.3 Å². The number of nitrogens with one attached hydrogen (secondary N) is 1. The molecule has 10 heteroatoms. The lowest BCUT2D eigenvalue weighted by molar-refractivity contribution is -0.122. The maximum absolute atomic E-state index is 13.0. The van der Waals surface area contributed by atoms with Crippen molar-refractivity contribution in [3.8, 4) is 0 Å². The van der Waals surface area contributed by atoms with Crippen LogP contribution >= 0.6 is 0 Å². The number of hydrogen-bond acceptors (Lipinski definition) is 6. The van der Waals surface area contributed by atoms with Crippen LogP contribution < -0.4 is 20.8 Å². The number of anilines is 2. The molecule has 174 valence electrons. The van der Waals surface area contributed by atoms with Gasteiger partial charge in [-0.05, 0) is 29.8 Å². The first-order valence-corrected chi connectivity index (χ1v) is 11.1. The average molecular weight is 462 g/mol. The predicted molar refractivity (Wildman–Crippen MR) is 126 cm³/mol. The normalized spacial score (nSPS) is 13.9. The van der Waals surface area contributed by atoms with Crippen LogP contribution in [0.4, 0.5) is 15.9 Å². The van der Waals surface area contributed by atoms with Crippen molar-refractivity contribution in [2.24, 2.45) is 0 Å². The zero-order valence-electron chi connectivity index (χ0n) is 18.5. The van der Waals surface area contributed by atoms with E-state index in [1.54, 1.807) is 24.5 Å². The molecular weight excluding hydrogens is 437 g/mol. The van der Waals surface area contributed by atoms with Gasteiger partial charge in [-0.15, -0.1) is 5.10 Å². The molecule has 0 atom stereocenters. The summed E-state index contributed by atoms with van der Waals surface area (Å²) in [7, 11) is 0. The number of aromatic nitrogens is 4. The van der Waals surface area contributed by atoms with Gasteiger partial charge in [-0.2, -0.15) is 0 Å². The minimum Gasteiger partial charge on any atom is -0.368 e. The van der Waals surface area contributed by atoms with E-state index in [0.29, 0.717) is 11.5 Å². The Bertz CT molecular complexity index is 1340. The Kier molecular flexibility index (Phi) is 5.94. The standard InChI is InChI=1S/C24H24FN7O2/c25-19-8-6-18(7-9-19)16-27-21(33)17-32-24(34)31-11-10-26-22(23(31)28-32)30-14-12-29(13-15-30)20-4-2-1-3-5-20/h1-11H,12-17H2,(H,27,33). The molecule has 1 fully saturated rings. The minimum absolute atomic E-state index is 0.219. The Hall–Kier alpha value is -4.21. The van der Waals surface area contributed by atoms with E-state index in [1.165, 1.54) is 22.2 Å². The summed E-state index contributed by atoms with van der Waals surface area (Å²) in [4.78, 5) is 34.2. The lowest BCUT2D eigenvalue weighted by atomic mass is 10.2. The highest BCUT2D eigenvalue weighted by atomic mass is 19.1. The second-order valence-electron chi connectivity index (χ2n) is 8.10. The summed E-state index contributed by atoms with van der Waals surface area (Å²) in [5.41, 5.74) is 1.96. The van der Waals surface area contributed by atoms with Crippen molar-refractivity contribution in [3.05, 3.63) is 88.9 Å². The average Bonchev–Trinajstić information content (AvgIpc) is 3.19. The number of piperazine rings is 1. The van der Waals surface area contributed by atoms with E-state index in [0.717, 1.165) is 36.4 Å². The minimum atomic E-state index is -0.404. The van der Waals surface area contributed by atoms with E-state index in [-0.39, 0.29) is 24.8 Å². The summed E-state index contributed by atoms with van der Waals surface area (Å²) in [6.07, 6.45) is 3.13. The molecule has 0 unspecified atom stereocenters. The van der Waals surface area contributed by atoms with Crippen molar-refractivity contribution >= 4 is 23.1 Å². The molecule has 1 saturated heterocycles. The Morgan fingerprint density at radius 2 is 1.68 bits per heavy atom. The second kappa shape index (κ2) is 9.34. The molecule has 0 saturated carbocycles. The number of halogens is 1. The van der Waals surface area contributed by atoms with Crippen LogP contribution in [-0.2, 0) is 17.9 Å². The molecule has 0 radical (unpaired) electrons. The van der Waals surface area contributed by atoms with Crippen LogP contribution in [0, 0.1) is 5.82 Å². The second-order valence-corrected chi connectivity index (χ2v) is 8.10. The number of fused-ring (bicyclic) bond motifs is 1. The molecular formula is C24H24FN7O2. The molecule has 2 aromatic carbocycles. The summed E-state index contributed by atoms with van der Waals surface area (Å²) < 4.78 is 15.6. The first-order chi connectivity index (χ1) is 16.6. The zero-order valence-corrected chi connectivity index (χ0v) is 18.5. The van der Waals surface area contributed by atoms with Crippen molar-refractivity contribution in [2.75, 3.05) is 36.0 Å². The van der Waals surface area contributed by atoms with Crippen molar-refractivity contribution in [2.45, 2.75) is 13.1 Å². The Morgan fingerprint density at radius 3 is 2.41 bits per heavy atom. The SMILES string of the molecule is O=C(Cn1nc2c(N3CCN(c4ccccc4)CC3)nccn2c1=O)NCc1ccc(F)cc1. The quantitative estimate of drug-likeness (QED) is 0.470. The number of carbonyl (C=O) groups excluding carboxylic acids is 1. The molecule has 4 aromatic rings. The van der Waals surface area contributed by atoms with E-state index in [2.05, 4.69) is 37.3 Å². The van der Waals surface area contributed by atoms with Crippen molar-refractivity contribution in [3.63, 3.8) is 0 Å². The first-order valence-electron chi connectivity index (χ1n) is 11.1. The van der Waals surface area contributed by atoms with Gasteiger partial charge >= 0.3 is 5.69 Å². The van der Waals surface area contributed by atoms with Crippen LogP contribution in [0.2, 0.25) is 0 Å². The summed E-state index contributed by atoms with van der Waals surface area (Å²) in [6.45, 7) is 3.14. The lowest BCUT2D eigenvalue weighted by Crippen LogP contribution is -2.47. The molecule has 0 aliphatic carbocycles. The van der Waals surface area contributed by atoms with Crippen molar-refractivity contribution in [1.82, 2.24) is 24.5 Å². The van der Waals surface area contributed by atoms with Gasteiger partial charge in [0.25, 0.3) is 0 Å². The zero-order chi connectivity index (χ0) is 23.5. The molecule has 2 aromatic heterocycles. The number of para-hydroxylation sites is 1. The summed E-state index contributed by atoms with van der Waals surface area (Å²) >= 11 is 0. The fraction of sp³-hybridized carbons (Fsp3) is 0.250. The predicted octanol–water partition coefficient (Wildman–Crippen LogP) is 1.67. The highest BCUT2D eigenvalue weighted by Gasteiger charge is 2.22. The van der Waals surface area contributed by atoms with E-state index >= 15 is 0 Å². The van der Waals surface area contributed by atoms with Gasteiger partial charge < -0.3 is 15.1 Å². The molecule has 1 aliphatic heterocycles. The van der Waals surface area contributed by atoms with Crippen LogP contribution in [0.15, 0.2) is 71.8 Å². The van der Waals surface area contributed by atoms with E-state index in [9.17, 15) is 14.0 Å².